The summed E-state index contributed by atoms with van der Waals surface area (Å²) in [5, 5.41) is -0.765. The molecule has 0 fully saturated rings. The molecule has 0 aliphatic heterocycles. The van der Waals surface area contributed by atoms with Crippen molar-refractivity contribution in [2.75, 3.05) is 14.2 Å². The van der Waals surface area contributed by atoms with Crippen molar-refractivity contribution in [3.8, 4) is 11.5 Å². The first kappa shape index (κ1) is 14.8. The van der Waals surface area contributed by atoms with Crippen molar-refractivity contribution in [3.05, 3.63) is 23.8 Å². The standard InChI is InChI=1S/C11H9ClO7/c1-16-10(14)18-7-4-3-6(9(12)13)5-8(7)19-11(15)17-2/h3-5H,1-2H3. The summed E-state index contributed by atoms with van der Waals surface area (Å²) < 4.78 is 18.0. The van der Waals surface area contributed by atoms with E-state index in [-0.39, 0.29) is 17.1 Å². The number of carbonyl (C=O) groups is 3. The minimum absolute atomic E-state index is 0.0535. The fourth-order valence-corrected chi connectivity index (χ4v) is 1.17. The molecule has 1 rings (SSSR count). The molecule has 0 saturated heterocycles. The van der Waals surface area contributed by atoms with Gasteiger partial charge in [0, 0.05) is 5.56 Å². The lowest BCUT2D eigenvalue weighted by Crippen LogP contribution is -2.12. The molecular weight excluding hydrogens is 280 g/mol. The van der Waals surface area contributed by atoms with Gasteiger partial charge in [-0.15, -0.1) is 0 Å². The largest absolute Gasteiger partial charge is 0.513 e. The summed E-state index contributed by atoms with van der Waals surface area (Å²) in [6, 6.07) is 3.65. The lowest BCUT2D eigenvalue weighted by molar-refractivity contribution is 0.107. The van der Waals surface area contributed by atoms with Crippen LogP contribution in [0, 0.1) is 0 Å². The number of hydrogen-bond acceptors (Lipinski definition) is 7. The lowest BCUT2D eigenvalue weighted by atomic mass is 10.2. The van der Waals surface area contributed by atoms with Crippen molar-refractivity contribution in [2.45, 2.75) is 0 Å². The SMILES string of the molecule is COC(=O)Oc1ccc(C(=O)Cl)cc1OC(=O)OC. The van der Waals surface area contributed by atoms with Gasteiger partial charge in [-0.25, -0.2) is 9.59 Å². The normalized spacial score (nSPS) is 9.42. The van der Waals surface area contributed by atoms with Gasteiger partial charge in [-0.1, -0.05) is 0 Å². The van der Waals surface area contributed by atoms with Gasteiger partial charge < -0.3 is 18.9 Å². The van der Waals surface area contributed by atoms with E-state index in [0.29, 0.717) is 0 Å². The second kappa shape index (κ2) is 6.60. The average Bonchev–Trinajstić information content (AvgIpc) is 2.39. The zero-order chi connectivity index (χ0) is 14.4. The summed E-state index contributed by atoms with van der Waals surface area (Å²) in [7, 11) is 2.21. The molecule has 0 spiro atoms. The predicted octanol–water partition coefficient (Wildman–Crippen LogP) is 2.36. The molecule has 0 N–H and O–H groups in total. The van der Waals surface area contributed by atoms with Gasteiger partial charge in [0.25, 0.3) is 5.24 Å². The molecule has 0 amide bonds. The highest BCUT2D eigenvalue weighted by Crippen LogP contribution is 2.29. The Kier molecular flexibility index (Phi) is 5.13. The van der Waals surface area contributed by atoms with Crippen molar-refractivity contribution >= 4 is 29.2 Å². The molecule has 0 aromatic heterocycles. The van der Waals surface area contributed by atoms with E-state index in [0.717, 1.165) is 20.3 Å². The van der Waals surface area contributed by atoms with Crippen LogP contribution in [0.5, 0.6) is 11.5 Å². The number of hydrogen-bond donors (Lipinski definition) is 0. The first-order chi connectivity index (χ1) is 8.97. The predicted molar refractivity (Wildman–Crippen MR) is 62.7 cm³/mol. The molecule has 102 valence electrons. The highest BCUT2D eigenvalue weighted by Gasteiger charge is 2.16. The number of carbonyl (C=O) groups excluding carboxylic acids is 3. The topological polar surface area (TPSA) is 88.1 Å². The second-order valence-electron chi connectivity index (χ2n) is 3.05. The highest BCUT2D eigenvalue weighted by atomic mass is 35.5. The molecule has 1 aromatic carbocycles. The molecule has 0 aliphatic carbocycles. The van der Waals surface area contributed by atoms with Crippen LogP contribution in [-0.2, 0) is 9.47 Å². The summed E-state index contributed by atoms with van der Waals surface area (Å²) >= 11 is 5.29. The Balaban J connectivity index is 3.10. The van der Waals surface area contributed by atoms with Crippen molar-refractivity contribution in [1.82, 2.24) is 0 Å². The van der Waals surface area contributed by atoms with Gasteiger partial charge in [-0.2, -0.15) is 0 Å². The van der Waals surface area contributed by atoms with E-state index in [9.17, 15) is 14.4 Å². The lowest BCUT2D eigenvalue weighted by Gasteiger charge is -2.09. The Bertz CT molecular complexity index is 512. The zero-order valence-electron chi connectivity index (χ0n) is 9.97. The molecule has 0 bridgehead atoms. The third-order valence-corrected chi connectivity index (χ3v) is 2.11. The van der Waals surface area contributed by atoms with E-state index < -0.39 is 17.6 Å². The highest BCUT2D eigenvalue weighted by molar-refractivity contribution is 6.67. The number of halogens is 1. The van der Waals surface area contributed by atoms with Crippen LogP contribution < -0.4 is 9.47 Å². The molecule has 0 heterocycles. The molecule has 0 radical (unpaired) electrons. The maximum Gasteiger partial charge on any atom is 0.513 e. The van der Waals surface area contributed by atoms with Gasteiger partial charge in [-0.05, 0) is 29.8 Å². The van der Waals surface area contributed by atoms with Gasteiger partial charge >= 0.3 is 12.3 Å². The molecule has 7 nitrogen and oxygen atoms in total. The van der Waals surface area contributed by atoms with E-state index in [1.165, 1.54) is 12.1 Å². The van der Waals surface area contributed by atoms with E-state index in [2.05, 4.69) is 9.47 Å². The molecule has 0 saturated carbocycles. The fourth-order valence-electron chi connectivity index (χ4n) is 1.06. The van der Waals surface area contributed by atoms with Crippen LogP contribution in [0.2, 0.25) is 0 Å². The van der Waals surface area contributed by atoms with E-state index >= 15 is 0 Å². The molecule has 0 aliphatic rings. The third kappa shape index (κ3) is 4.14. The summed E-state index contributed by atoms with van der Waals surface area (Å²) in [5.41, 5.74) is 0.0535. The quantitative estimate of drug-likeness (QED) is 0.479. The number of rotatable bonds is 3. The van der Waals surface area contributed by atoms with Gasteiger partial charge in [-0.3, -0.25) is 4.79 Å². The van der Waals surface area contributed by atoms with E-state index in [4.69, 9.17) is 21.1 Å². The van der Waals surface area contributed by atoms with Crippen LogP contribution >= 0.6 is 11.6 Å². The van der Waals surface area contributed by atoms with E-state index in [1.807, 2.05) is 0 Å². The summed E-state index contributed by atoms with van der Waals surface area (Å²) in [5.74, 6) is -0.331. The molecular formula is C11H9ClO7. The van der Waals surface area contributed by atoms with Crippen LogP contribution in [0.3, 0.4) is 0 Å². The van der Waals surface area contributed by atoms with Crippen LogP contribution in [0.15, 0.2) is 18.2 Å². The number of methoxy groups -OCH3 is 2. The molecule has 8 heteroatoms. The van der Waals surface area contributed by atoms with Crippen molar-refractivity contribution in [1.29, 1.82) is 0 Å². The van der Waals surface area contributed by atoms with Crippen LogP contribution in [-0.4, -0.2) is 31.8 Å². The Hall–Kier alpha value is -2.28. The minimum Gasteiger partial charge on any atom is -0.437 e. The van der Waals surface area contributed by atoms with Gasteiger partial charge in [0.15, 0.2) is 11.5 Å². The van der Waals surface area contributed by atoms with Gasteiger partial charge in [0.05, 0.1) is 14.2 Å². The Morgan fingerprint density at radius 3 is 1.95 bits per heavy atom. The minimum atomic E-state index is -1.05. The Morgan fingerprint density at radius 2 is 1.47 bits per heavy atom. The zero-order valence-corrected chi connectivity index (χ0v) is 10.7. The maximum atomic E-state index is 11.0. The molecule has 19 heavy (non-hydrogen) atoms. The third-order valence-electron chi connectivity index (χ3n) is 1.89. The fraction of sp³-hybridized carbons (Fsp3) is 0.182. The van der Waals surface area contributed by atoms with Crippen molar-refractivity contribution in [3.63, 3.8) is 0 Å². The van der Waals surface area contributed by atoms with Crippen LogP contribution in [0.25, 0.3) is 0 Å². The maximum absolute atomic E-state index is 11.0. The van der Waals surface area contributed by atoms with Gasteiger partial charge in [0.1, 0.15) is 0 Å². The first-order valence-corrected chi connectivity index (χ1v) is 5.21. The molecule has 1 aromatic rings. The monoisotopic (exact) mass is 288 g/mol. The average molecular weight is 289 g/mol. The van der Waals surface area contributed by atoms with E-state index in [1.54, 1.807) is 0 Å². The smallest absolute Gasteiger partial charge is 0.437 e. The molecule has 0 unspecified atom stereocenters. The Morgan fingerprint density at radius 1 is 0.947 bits per heavy atom. The summed E-state index contributed by atoms with van der Waals surface area (Å²) in [6.07, 6.45) is -2.06. The first-order valence-electron chi connectivity index (χ1n) is 4.83. The molecule has 0 atom stereocenters. The van der Waals surface area contributed by atoms with Gasteiger partial charge in [0.2, 0.25) is 0 Å². The van der Waals surface area contributed by atoms with Crippen molar-refractivity contribution < 1.29 is 33.3 Å². The van der Waals surface area contributed by atoms with Crippen LogP contribution in [0.4, 0.5) is 9.59 Å². The van der Waals surface area contributed by atoms with Crippen LogP contribution in [0.1, 0.15) is 10.4 Å². The number of benzene rings is 1. The number of ether oxygens (including phenoxy) is 4. The van der Waals surface area contributed by atoms with Crippen molar-refractivity contribution in [2.24, 2.45) is 0 Å². The summed E-state index contributed by atoms with van der Waals surface area (Å²) in [6.45, 7) is 0. The summed E-state index contributed by atoms with van der Waals surface area (Å²) in [4.78, 5) is 33.0. The Labute approximate surface area is 112 Å². The second-order valence-corrected chi connectivity index (χ2v) is 3.39.